The van der Waals surface area contributed by atoms with Crippen molar-refractivity contribution in [2.45, 2.75) is 23.2 Å². The zero-order valence-corrected chi connectivity index (χ0v) is 22.3. The Kier molecular flexibility index (Phi) is 8.53. The number of hydrogen-bond acceptors (Lipinski definition) is 7. The van der Waals surface area contributed by atoms with Crippen molar-refractivity contribution in [1.29, 1.82) is 0 Å². The molecule has 0 saturated heterocycles. The summed E-state index contributed by atoms with van der Waals surface area (Å²) < 4.78 is 59.1. The van der Waals surface area contributed by atoms with Crippen LogP contribution >= 0.6 is 0 Å². The van der Waals surface area contributed by atoms with E-state index >= 15 is 0 Å². The molecule has 2 amide bonds. The molecule has 0 bridgehead atoms. The number of amides is 2. The summed E-state index contributed by atoms with van der Waals surface area (Å²) in [5.41, 5.74) is 0.364. The first-order chi connectivity index (χ1) is 19.1. The Bertz CT molecular complexity index is 1590. The summed E-state index contributed by atoms with van der Waals surface area (Å²) in [6.45, 7) is 0. The van der Waals surface area contributed by atoms with Gasteiger partial charge in [0.1, 0.15) is 29.3 Å². The minimum Gasteiger partial charge on any atom is -0.497 e. The number of carbonyl (C=O) groups excluding carboxylic acids is 2. The molecule has 3 aromatic carbocycles. The SMILES string of the molecule is COc1ccc(N(C)C(=O)C(Cc2cc(F)cc(F)c2)NC(=O)c2cn(CS(=O)(=O)c3ccccc3)nn2)cc1. The molecule has 1 heterocycles. The molecular formula is C27H25F2N5O5S. The van der Waals surface area contributed by atoms with Gasteiger partial charge in [0.15, 0.2) is 15.5 Å². The number of likely N-dealkylation sites (N-methyl/N-ethyl adjacent to an activating group) is 1. The topological polar surface area (TPSA) is 123 Å². The molecule has 0 spiro atoms. The van der Waals surface area contributed by atoms with Crippen molar-refractivity contribution in [1.82, 2.24) is 20.3 Å². The molecule has 0 saturated carbocycles. The number of hydrogen-bond donors (Lipinski definition) is 1. The molecule has 13 heteroatoms. The van der Waals surface area contributed by atoms with Crippen LogP contribution in [0.25, 0.3) is 0 Å². The third-order valence-corrected chi connectivity index (χ3v) is 7.53. The molecule has 10 nitrogen and oxygen atoms in total. The van der Waals surface area contributed by atoms with E-state index in [4.69, 9.17) is 4.74 Å². The van der Waals surface area contributed by atoms with E-state index in [0.29, 0.717) is 17.5 Å². The third kappa shape index (κ3) is 6.86. The fraction of sp³-hybridized carbons (Fsp3) is 0.185. The lowest BCUT2D eigenvalue weighted by Gasteiger charge is -2.25. The number of rotatable bonds is 10. The molecule has 1 aromatic heterocycles. The number of carbonyl (C=O) groups is 2. The lowest BCUT2D eigenvalue weighted by molar-refractivity contribution is -0.120. The first-order valence-corrected chi connectivity index (χ1v) is 13.6. The maximum absolute atomic E-state index is 13.9. The van der Waals surface area contributed by atoms with Gasteiger partial charge in [-0.2, -0.15) is 0 Å². The first kappa shape index (κ1) is 28.4. The van der Waals surface area contributed by atoms with Crippen LogP contribution in [0, 0.1) is 11.6 Å². The second-order valence-corrected chi connectivity index (χ2v) is 10.8. The van der Waals surface area contributed by atoms with Crippen LogP contribution in [-0.4, -0.2) is 55.4 Å². The van der Waals surface area contributed by atoms with E-state index in [9.17, 15) is 26.8 Å². The normalized spacial score (nSPS) is 12.0. The van der Waals surface area contributed by atoms with Crippen molar-refractivity contribution in [3.8, 4) is 5.75 Å². The van der Waals surface area contributed by atoms with Crippen LogP contribution in [-0.2, 0) is 26.9 Å². The predicted octanol–water partition coefficient (Wildman–Crippen LogP) is 3.00. The summed E-state index contributed by atoms with van der Waals surface area (Å²) >= 11 is 0. The van der Waals surface area contributed by atoms with Crippen molar-refractivity contribution in [2.75, 3.05) is 19.1 Å². The molecule has 40 heavy (non-hydrogen) atoms. The van der Waals surface area contributed by atoms with E-state index in [2.05, 4.69) is 15.6 Å². The van der Waals surface area contributed by atoms with Gasteiger partial charge in [0, 0.05) is 25.2 Å². The highest BCUT2D eigenvalue weighted by Gasteiger charge is 2.27. The summed E-state index contributed by atoms with van der Waals surface area (Å²) in [6, 6.07) is 15.8. The highest BCUT2D eigenvalue weighted by Crippen LogP contribution is 2.20. The van der Waals surface area contributed by atoms with Gasteiger partial charge in [-0.25, -0.2) is 21.9 Å². The molecule has 0 aliphatic heterocycles. The molecule has 1 N–H and O–H groups in total. The van der Waals surface area contributed by atoms with Gasteiger partial charge in [-0.1, -0.05) is 23.4 Å². The number of nitrogens with one attached hydrogen (secondary N) is 1. The Morgan fingerprint density at radius 1 is 1.02 bits per heavy atom. The zero-order valence-electron chi connectivity index (χ0n) is 21.5. The van der Waals surface area contributed by atoms with Gasteiger partial charge in [-0.3, -0.25) is 9.59 Å². The Morgan fingerprint density at radius 3 is 2.30 bits per heavy atom. The smallest absolute Gasteiger partial charge is 0.274 e. The van der Waals surface area contributed by atoms with E-state index in [1.165, 1.54) is 31.2 Å². The van der Waals surface area contributed by atoms with Crippen molar-refractivity contribution < 1.29 is 31.5 Å². The summed E-state index contributed by atoms with van der Waals surface area (Å²) in [7, 11) is -0.783. The quantitative estimate of drug-likeness (QED) is 0.312. The molecule has 0 fully saturated rings. The van der Waals surface area contributed by atoms with Gasteiger partial charge in [-0.05, 0) is 54.1 Å². The van der Waals surface area contributed by atoms with Crippen LogP contribution in [0.3, 0.4) is 0 Å². The van der Waals surface area contributed by atoms with Gasteiger partial charge < -0.3 is 15.0 Å². The number of anilines is 1. The summed E-state index contributed by atoms with van der Waals surface area (Å²) in [5, 5.41) is 10.0. The Morgan fingerprint density at radius 2 is 1.68 bits per heavy atom. The van der Waals surface area contributed by atoms with E-state index in [1.54, 1.807) is 42.5 Å². The molecule has 1 unspecified atom stereocenters. The van der Waals surface area contributed by atoms with Gasteiger partial charge in [0.25, 0.3) is 5.91 Å². The van der Waals surface area contributed by atoms with Crippen molar-refractivity contribution in [3.63, 3.8) is 0 Å². The van der Waals surface area contributed by atoms with Crippen molar-refractivity contribution in [3.05, 3.63) is 102 Å². The summed E-state index contributed by atoms with van der Waals surface area (Å²) in [6.07, 6.45) is 0.892. The number of sulfone groups is 1. The monoisotopic (exact) mass is 569 g/mol. The highest BCUT2D eigenvalue weighted by molar-refractivity contribution is 7.90. The van der Waals surface area contributed by atoms with Crippen molar-refractivity contribution >= 4 is 27.3 Å². The maximum Gasteiger partial charge on any atom is 0.274 e. The number of ether oxygens (including phenoxy) is 1. The van der Waals surface area contributed by atoms with Crippen molar-refractivity contribution in [2.24, 2.45) is 0 Å². The second-order valence-electron chi connectivity index (χ2n) is 8.80. The van der Waals surface area contributed by atoms with E-state index in [1.807, 2.05) is 0 Å². The number of halogens is 2. The van der Waals surface area contributed by atoms with Gasteiger partial charge in [0.2, 0.25) is 5.91 Å². The van der Waals surface area contributed by atoms with E-state index < -0.39 is 45.2 Å². The maximum atomic E-state index is 13.9. The highest BCUT2D eigenvalue weighted by atomic mass is 32.2. The van der Waals surface area contributed by atoms with E-state index in [-0.39, 0.29) is 22.6 Å². The van der Waals surface area contributed by atoms with Gasteiger partial charge in [0.05, 0.1) is 18.2 Å². The third-order valence-electron chi connectivity index (χ3n) is 5.93. The average Bonchev–Trinajstić information content (AvgIpc) is 3.40. The van der Waals surface area contributed by atoms with Crippen LogP contribution in [0.1, 0.15) is 16.1 Å². The molecule has 0 radical (unpaired) electrons. The van der Waals surface area contributed by atoms with E-state index in [0.717, 1.165) is 23.0 Å². The molecule has 0 aliphatic carbocycles. The fourth-order valence-electron chi connectivity index (χ4n) is 3.91. The number of benzene rings is 3. The zero-order chi connectivity index (χ0) is 28.9. The van der Waals surface area contributed by atoms with Crippen LogP contribution in [0.4, 0.5) is 14.5 Å². The average molecular weight is 570 g/mol. The first-order valence-electron chi connectivity index (χ1n) is 11.9. The van der Waals surface area contributed by atoms with Crippen LogP contribution in [0.2, 0.25) is 0 Å². The molecule has 0 aliphatic rings. The molecule has 1 atom stereocenters. The lowest BCUT2D eigenvalue weighted by atomic mass is 10.0. The fourth-order valence-corrected chi connectivity index (χ4v) is 5.10. The lowest BCUT2D eigenvalue weighted by Crippen LogP contribution is -2.49. The largest absolute Gasteiger partial charge is 0.497 e. The number of nitrogens with zero attached hydrogens (tertiary/aromatic N) is 4. The molecule has 4 aromatic rings. The van der Waals surface area contributed by atoms with Gasteiger partial charge in [-0.15, -0.1) is 5.10 Å². The minimum absolute atomic E-state index is 0.0751. The van der Waals surface area contributed by atoms with Crippen LogP contribution < -0.4 is 15.0 Å². The summed E-state index contributed by atoms with van der Waals surface area (Å²) in [5.74, 6) is -3.08. The van der Waals surface area contributed by atoms with Crippen LogP contribution in [0.15, 0.2) is 83.9 Å². The number of aromatic nitrogens is 3. The molecular weight excluding hydrogens is 544 g/mol. The predicted molar refractivity (Wildman–Crippen MR) is 141 cm³/mol. The summed E-state index contributed by atoms with van der Waals surface area (Å²) in [4.78, 5) is 27.9. The van der Waals surface area contributed by atoms with Gasteiger partial charge >= 0.3 is 0 Å². The van der Waals surface area contributed by atoms with Crippen LogP contribution in [0.5, 0.6) is 5.75 Å². The minimum atomic E-state index is -3.77. The Labute approximate surface area is 229 Å². The molecule has 4 rings (SSSR count). The Hall–Kier alpha value is -4.65. The number of methoxy groups -OCH3 is 1. The standard InChI is InChI=1S/C27H25F2N5O5S/c1-33(21-8-10-22(39-2)11-9-21)27(36)24(14-18-12-19(28)15-20(29)13-18)30-26(35)25-16-34(32-31-25)17-40(37,38)23-6-4-3-5-7-23/h3-13,15-16,24H,14,17H2,1-2H3,(H,30,35). The second kappa shape index (κ2) is 12.0. The molecule has 208 valence electrons. The Balaban J connectivity index is 1.55.